The highest BCUT2D eigenvalue weighted by Gasteiger charge is 2.26. The van der Waals surface area contributed by atoms with Gasteiger partial charge in [0.25, 0.3) is 5.91 Å². The number of methoxy groups -OCH3 is 1. The van der Waals surface area contributed by atoms with E-state index in [9.17, 15) is 9.90 Å². The number of amides is 1. The molecule has 17 nitrogen and oxygen atoms in total. The molecule has 1 atom stereocenters. The van der Waals surface area contributed by atoms with Gasteiger partial charge >= 0.3 is 0 Å². The third-order valence-corrected chi connectivity index (χ3v) is 12.3. The molecule has 2 aromatic carbocycles. The number of nitrogens with zero attached hydrogens (tertiary/aromatic N) is 10. The molecule has 7 aromatic rings. The molecule has 1 fully saturated rings. The fraction of sp³-hybridized carbons (Fsp3) is 0.360. The summed E-state index contributed by atoms with van der Waals surface area (Å²) in [6, 6.07) is 17.8. The van der Waals surface area contributed by atoms with E-state index in [2.05, 4.69) is 82.1 Å². The van der Waals surface area contributed by atoms with Crippen LogP contribution in [0.1, 0.15) is 43.7 Å². The van der Waals surface area contributed by atoms with Crippen LogP contribution in [0.4, 0.5) is 34.6 Å². The second kappa shape index (κ2) is 20.9. The first-order chi connectivity index (χ1) is 32.5. The minimum Gasteiger partial charge on any atom is -0.494 e. The molecule has 1 saturated heterocycles. The first kappa shape index (κ1) is 46.3. The van der Waals surface area contributed by atoms with Gasteiger partial charge in [-0.05, 0) is 70.5 Å². The van der Waals surface area contributed by atoms with Crippen molar-refractivity contribution in [1.82, 2.24) is 39.0 Å². The number of aromatic nitrogens is 7. The van der Waals surface area contributed by atoms with E-state index < -0.39 is 5.91 Å². The lowest BCUT2D eigenvalue weighted by atomic mass is 9.99. The lowest BCUT2D eigenvalue weighted by Gasteiger charge is -2.36. The molecule has 5 aromatic heterocycles. The number of nitrogens with one attached hydrogen (secondary N) is 3. The SMILES string of the molecule is C=C(COc1ccncc1CNc1cc(N2CCCC[C@H]2CCO)nc2c(CC)cnn12)C(=O)Nc1cc(Nc2nccc(-c3cn(C)c4ccccc34)n2)c(OC)cc1N(C)CCN(C)C. The Morgan fingerprint density at radius 1 is 0.985 bits per heavy atom. The van der Waals surface area contributed by atoms with Crippen molar-refractivity contribution in [2.24, 2.45) is 7.05 Å². The van der Waals surface area contributed by atoms with E-state index >= 15 is 0 Å². The Morgan fingerprint density at radius 3 is 2.64 bits per heavy atom. The molecule has 6 heterocycles. The maximum Gasteiger partial charge on any atom is 0.254 e. The van der Waals surface area contributed by atoms with E-state index in [4.69, 9.17) is 19.4 Å². The molecule has 0 radical (unpaired) electrons. The minimum absolute atomic E-state index is 0.0748. The van der Waals surface area contributed by atoms with Crippen molar-refractivity contribution in [3.63, 3.8) is 0 Å². The van der Waals surface area contributed by atoms with E-state index in [1.54, 1.807) is 31.8 Å². The lowest BCUT2D eigenvalue weighted by Crippen LogP contribution is -2.40. The van der Waals surface area contributed by atoms with Gasteiger partial charge in [-0.1, -0.05) is 31.7 Å². The highest BCUT2D eigenvalue weighted by molar-refractivity contribution is 6.06. The topological polar surface area (TPSA) is 175 Å². The molecule has 0 spiro atoms. The van der Waals surface area contributed by atoms with Crippen molar-refractivity contribution in [2.45, 2.75) is 51.6 Å². The average Bonchev–Trinajstić information content (AvgIpc) is 3.92. The van der Waals surface area contributed by atoms with Gasteiger partial charge in [-0.25, -0.2) is 15.0 Å². The van der Waals surface area contributed by atoms with E-state index in [1.807, 2.05) is 75.3 Å². The number of para-hydroxylation sites is 1. The number of carbonyl (C=O) groups excluding carboxylic acids is 1. The van der Waals surface area contributed by atoms with Crippen molar-refractivity contribution in [3.8, 4) is 22.8 Å². The second-order valence-corrected chi connectivity index (χ2v) is 17.2. The van der Waals surface area contributed by atoms with E-state index in [1.165, 1.54) is 0 Å². The number of fused-ring (bicyclic) bond motifs is 2. The Bertz CT molecular complexity index is 2850. The monoisotopic (exact) mass is 907 g/mol. The summed E-state index contributed by atoms with van der Waals surface area (Å²) in [5.41, 5.74) is 7.55. The molecule has 4 N–H and O–H groups in total. The number of anilines is 6. The smallest absolute Gasteiger partial charge is 0.254 e. The van der Waals surface area contributed by atoms with Crippen molar-refractivity contribution >= 4 is 57.1 Å². The number of carbonyl (C=O) groups is 1. The number of ether oxygens (including phenoxy) is 2. The van der Waals surface area contributed by atoms with Gasteiger partial charge in [-0.2, -0.15) is 9.61 Å². The van der Waals surface area contributed by atoms with Gasteiger partial charge in [0.2, 0.25) is 5.95 Å². The molecule has 17 heteroatoms. The first-order valence-electron chi connectivity index (χ1n) is 22.8. The maximum absolute atomic E-state index is 14.0. The predicted molar refractivity (Wildman–Crippen MR) is 266 cm³/mol. The van der Waals surface area contributed by atoms with Crippen LogP contribution in [0, 0.1) is 0 Å². The second-order valence-electron chi connectivity index (χ2n) is 17.2. The van der Waals surface area contributed by atoms with E-state index in [0.717, 1.165) is 95.0 Å². The standard InChI is InChI=1S/C50H61N13O4/c1-8-34-30-54-63-46(27-47(58-48(34)63)62-21-12-11-13-36(62)18-24-64)53-29-35-28-51-19-17-44(35)67-32-33(2)49(65)55-40-25-41(45(66-7)26-43(40)60(5)23-22-59(3)4)57-50-52-20-16-39(56-50)38-31-61(6)42-15-10-9-14-37(38)42/h9-10,14-17,19-20,25-28,30-31,36,53,64H,2,8,11-13,18,21-24,29,32H2,1,3-7H3,(H,55,65)(H,52,56,57)/t36-/m0/s1. The van der Waals surface area contributed by atoms with Gasteiger partial charge < -0.3 is 49.8 Å². The third kappa shape index (κ3) is 10.4. The maximum atomic E-state index is 14.0. The number of piperidine rings is 1. The van der Waals surface area contributed by atoms with E-state index in [-0.39, 0.29) is 24.8 Å². The zero-order valence-electron chi connectivity index (χ0n) is 39.3. The number of aliphatic hydroxyl groups is 1. The van der Waals surface area contributed by atoms with Crippen molar-refractivity contribution in [3.05, 3.63) is 109 Å². The molecule has 8 rings (SSSR count). The quantitative estimate of drug-likeness (QED) is 0.0561. The predicted octanol–water partition coefficient (Wildman–Crippen LogP) is 7.31. The Morgan fingerprint density at radius 2 is 1.84 bits per heavy atom. The molecule has 0 bridgehead atoms. The molecule has 0 unspecified atom stereocenters. The van der Waals surface area contributed by atoms with Crippen LogP contribution in [0.2, 0.25) is 0 Å². The largest absolute Gasteiger partial charge is 0.494 e. The summed E-state index contributed by atoms with van der Waals surface area (Å²) in [7, 11) is 9.64. The van der Waals surface area contributed by atoms with Crippen LogP contribution in [0.3, 0.4) is 0 Å². The molecule has 0 aliphatic carbocycles. The highest BCUT2D eigenvalue weighted by Crippen LogP contribution is 2.39. The molecule has 1 aliphatic heterocycles. The zero-order chi connectivity index (χ0) is 47.0. The Balaban J connectivity index is 0.996. The van der Waals surface area contributed by atoms with Gasteiger partial charge in [0.15, 0.2) is 5.65 Å². The zero-order valence-corrected chi connectivity index (χ0v) is 39.3. The van der Waals surface area contributed by atoms with Crippen LogP contribution < -0.4 is 35.2 Å². The summed E-state index contributed by atoms with van der Waals surface area (Å²) in [6.45, 7) is 8.99. The number of aliphatic hydroxyl groups excluding tert-OH is 1. The average molecular weight is 908 g/mol. The fourth-order valence-corrected chi connectivity index (χ4v) is 8.54. The van der Waals surface area contributed by atoms with E-state index in [0.29, 0.717) is 48.3 Å². The van der Waals surface area contributed by atoms with Gasteiger partial charge in [-0.15, -0.1) is 0 Å². The number of hydrogen-bond donors (Lipinski definition) is 4. The molecule has 1 aliphatic rings. The summed E-state index contributed by atoms with van der Waals surface area (Å²) in [5.74, 6) is 2.70. The van der Waals surface area contributed by atoms with Crippen molar-refractivity contribution in [1.29, 1.82) is 0 Å². The first-order valence-corrected chi connectivity index (χ1v) is 22.8. The van der Waals surface area contributed by atoms with Crippen molar-refractivity contribution in [2.75, 3.05) is 86.9 Å². The van der Waals surface area contributed by atoms with Gasteiger partial charge in [0.1, 0.15) is 29.7 Å². The lowest BCUT2D eigenvalue weighted by molar-refractivity contribution is -0.113. The molecular weight excluding hydrogens is 847 g/mol. The summed E-state index contributed by atoms with van der Waals surface area (Å²) < 4.78 is 16.1. The summed E-state index contributed by atoms with van der Waals surface area (Å²) in [6.07, 6.45) is 13.8. The minimum atomic E-state index is -0.407. The number of rotatable bonds is 20. The van der Waals surface area contributed by atoms with Crippen LogP contribution in [0.15, 0.2) is 97.7 Å². The number of pyridine rings is 1. The van der Waals surface area contributed by atoms with Gasteiger partial charge in [0, 0.05) is 123 Å². The molecular formula is C50H61N13O4. The number of benzene rings is 2. The molecule has 1 amide bonds. The molecule has 350 valence electrons. The Kier molecular flexibility index (Phi) is 14.5. The molecule has 0 saturated carbocycles. The normalized spacial score (nSPS) is 13.9. The van der Waals surface area contributed by atoms with Crippen LogP contribution in [0.25, 0.3) is 27.8 Å². The molecule has 67 heavy (non-hydrogen) atoms. The number of likely N-dealkylation sites (N-methyl/N-ethyl adjacent to an activating group) is 2. The summed E-state index contributed by atoms with van der Waals surface area (Å²) in [5, 5.41) is 25.6. The van der Waals surface area contributed by atoms with Crippen LogP contribution in [-0.4, -0.2) is 117 Å². The number of aryl methyl sites for hydroxylation is 2. The third-order valence-electron chi connectivity index (χ3n) is 12.3. The summed E-state index contributed by atoms with van der Waals surface area (Å²) >= 11 is 0. The number of hydrogen-bond acceptors (Lipinski definition) is 14. The fourth-order valence-electron chi connectivity index (χ4n) is 8.54. The Hall–Kier alpha value is -7.24. The van der Waals surface area contributed by atoms with Crippen LogP contribution in [0.5, 0.6) is 11.5 Å². The summed E-state index contributed by atoms with van der Waals surface area (Å²) in [4.78, 5) is 39.4. The highest BCUT2D eigenvalue weighted by atomic mass is 16.5. The van der Waals surface area contributed by atoms with Crippen LogP contribution in [-0.2, 0) is 24.8 Å². The van der Waals surface area contributed by atoms with Gasteiger partial charge in [0.05, 0.1) is 36.1 Å². The Labute approximate surface area is 391 Å². The van der Waals surface area contributed by atoms with Crippen LogP contribution >= 0.6 is 0 Å². The van der Waals surface area contributed by atoms with Crippen molar-refractivity contribution < 1.29 is 19.4 Å². The van der Waals surface area contributed by atoms with Gasteiger partial charge in [-0.3, -0.25) is 9.78 Å².